The van der Waals surface area contributed by atoms with Gasteiger partial charge >= 0.3 is 17.9 Å². The Balaban J connectivity index is 4.42. The minimum absolute atomic E-state index is 0.117. The Hall–Kier alpha value is -5.23. The van der Waals surface area contributed by atoms with Gasteiger partial charge in [-0.1, -0.05) is 255 Å². The van der Waals surface area contributed by atoms with Crippen molar-refractivity contribution in [1.82, 2.24) is 0 Å². The van der Waals surface area contributed by atoms with Crippen molar-refractivity contribution in [2.45, 2.75) is 239 Å². The van der Waals surface area contributed by atoms with Gasteiger partial charge in [-0.25, -0.2) is 0 Å². The van der Waals surface area contributed by atoms with Crippen molar-refractivity contribution in [2.24, 2.45) is 0 Å². The van der Waals surface area contributed by atoms with Crippen molar-refractivity contribution in [3.63, 3.8) is 0 Å². The van der Waals surface area contributed by atoms with E-state index in [1.54, 1.807) is 0 Å². The molecule has 1 atom stereocenters. The maximum Gasteiger partial charge on any atom is 0.306 e. The van der Waals surface area contributed by atoms with Crippen molar-refractivity contribution in [2.75, 3.05) is 13.2 Å². The van der Waals surface area contributed by atoms with Crippen LogP contribution < -0.4 is 0 Å². The molecule has 0 saturated carbocycles. The standard InChI is InChI=1S/C70H108O6/c1-4-7-10-13-16-19-22-24-26-28-29-30-31-32-33-34-35-36-37-38-39-40-41-43-44-46-48-51-54-57-60-63-69(72)75-66-67(65-74-68(71)62-59-56-53-50-21-18-15-12-9-6-3)76-70(73)64-61-58-55-52-49-47-45-42-27-25-23-20-17-14-11-8-5-2/h7-8,10-11,16-17,19-20,24-27,29-30,32-33,35-36,38-39,41,43,45-48,52,55,67H,4-6,9,12-15,18,21-23,28,31,34,37,40,42,44,49-51,53-54,56-66H2,1-3H3/b10-7-,11-8-,19-16-,20-17-,26-24-,27-25-,30-29-,33-32-,36-35-,39-38-,43-41-,47-45-,48-46-,55-52-. The summed E-state index contributed by atoms with van der Waals surface area (Å²) in [5.74, 6) is -1.02. The monoisotopic (exact) mass is 1040 g/mol. The van der Waals surface area contributed by atoms with E-state index in [9.17, 15) is 14.4 Å². The van der Waals surface area contributed by atoms with Gasteiger partial charge in [0.15, 0.2) is 6.10 Å². The maximum atomic E-state index is 12.8. The predicted molar refractivity (Wildman–Crippen MR) is 329 cm³/mol. The summed E-state index contributed by atoms with van der Waals surface area (Å²) in [6.45, 7) is 6.30. The maximum absolute atomic E-state index is 12.8. The molecule has 0 N–H and O–H groups in total. The van der Waals surface area contributed by atoms with E-state index in [1.165, 1.54) is 44.9 Å². The SMILES string of the molecule is CC/C=C\C/C=C\C/C=C\C/C=C\C/C=C\C/C=C\C/C=C\C/C=C\C/C=C\CCCCCC(=O)OCC(COC(=O)CCCCCCCCCCCC)OC(=O)CCC/C=C\C/C=C\C/C=C\C/C=C\C/C=C\CC. The normalized spacial score (nSPS) is 13.4. The van der Waals surface area contributed by atoms with E-state index in [0.717, 1.165) is 141 Å². The predicted octanol–water partition coefficient (Wildman–Crippen LogP) is 20.7. The van der Waals surface area contributed by atoms with Gasteiger partial charge < -0.3 is 14.2 Å². The zero-order valence-electron chi connectivity index (χ0n) is 48.4. The summed E-state index contributed by atoms with van der Waals surface area (Å²) in [5.41, 5.74) is 0. The third-order valence-electron chi connectivity index (χ3n) is 12.0. The van der Waals surface area contributed by atoms with E-state index in [4.69, 9.17) is 14.2 Å². The molecule has 0 spiro atoms. The third kappa shape index (κ3) is 59.6. The highest BCUT2D eigenvalue weighted by atomic mass is 16.6. The van der Waals surface area contributed by atoms with Gasteiger partial charge in [-0.05, 0) is 128 Å². The summed E-state index contributed by atoms with van der Waals surface area (Å²) < 4.78 is 16.8. The van der Waals surface area contributed by atoms with Crippen LogP contribution in [0.3, 0.4) is 0 Å². The fraction of sp³-hybridized carbons (Fsp3) is 0.557. The van der Waals surface area contributed by atoms with E-state index in [1.807, 2.05) is 0 Å². The first-order valence-corrected chi connectivity index (χ1v) is 30.1. The van der Waals surface area contributed by atoms with E-state index < -0.39 is 6.10 Å². The summed E-state index contributed by atoms with van der Waals surface area (Å²) in [6.07, 6.45) is 92.2. The van der Waals surface area contributed by atoms with Crippen molar-refractivity contribution in [3.8, 4) is 0 Å². The molecule has 424 valence electrons. The number of hydrogen-bond acceptors (Lipinski definition) is 6. The van der Waals surface area contributed by atoms with Crippen LogP contribution >= 0.6 is 0 Å². The number of rotatable bonds is 52. The van der Waals surface area contributed by atoms with Gasteiger partial charge in [-0.2, -0.15) is 0 Å². The third-order valence-corrected chi connectivity index (χ3v) is 12.0. The molecule has 76 heavy (non-hydrogen) atoms. The van der Waals surface area contributed by atoms with Crippen LogP contribution in [-0.2, 0) is 28.6 Å². The fourth-order valence-corrected chi connectivity index (χ4v) is 7.53. The lowest BCUT2D eigenvalue weighted by molar-refractivity contribution is -0.167. The van der Waals surface area contributed by atoms with E-state index in [-0.39, 0.29) is 37.5 Å². The van der Waals surface area contributed by atoms with Gasteiger partial charge in [0.1, 0.15) is 13.2 Å². The Kier molecular flexibility index (Phi) is 58.0. The number of hydrogen-bond donors (Lipinski definition) is 0. The minimum atomic E-state index is -0.828. The quantitative estimate of drug-likeness (QED) is 0.0261. The molecule has 0 radical (unpaired) electrons. The van der Waals surface area contributed by atoms with Crippen molar-refractivity contribution in [3.05, 3.63) is 170 Å². The lowest BCUT2D eigenvalue weighted by Gasteiger charge is -2.18. The highest BCUT2D eigenvalue weighted by Gasteiger charge is 2.19. The molecule has 0 fully saturated rings. The Morgan fingerprint density at radius 2 is 0.526 bits per heavy atom. The average Bonchev–Trinajstić information content (AvgIpc) is 3.42. The summed E-state index contributed by atoms with van der Waals surface area (Å²) in [5, 5.41) is 0. The minimum Gasteiger partial charge on any atom is -0.462 e. The van der Waals surface area contributed by atoms with Crippen LogP contribution in [0.1, 0.15) is 233 Å². The zero-order valence-corrected chi connectivity index (χ0v) is 48.4. The van der Waals surface area contributed by atoms with E-state index in [2.05, 4.69) is 191 Å². The molecule has 1 unspecified atom stereocenters. The smallest absolute Gasteiger partial charge is 0.306 e. The lowest BCUT2D eigenvalue weighted by Crippen LogP contribution is -2.30. The van der Waals surface area contributed by atoms with E-state index in [0.29, 0.717) is 19.3 Å². The molecular weight excluding hydrogens is 937 g/mol. The molecule has 6 nitrogen and oxygen atoms in total. The van der Waals surface area contributed by atoms with Crippen LogP contribution in [-0.4, -0.2) is 37.2 Å². The molecule has 0 amide bonds. The number of carbonyl (C=O) groups is 3. The van der Waals surface area contributed by atoms with Crippen LogP contribution in [0.2, 0.25) is 0 Å². The highest BCUT2D eigenvalue weighted by molar-refractivity contribution is 5.71. The number of esters is 3. The molecular formula is C70H108O6. The second-order valence-electron chi connectivity index (χ2n) is 19.1. The van der Waals surface area contributed by atoms with Gasteiger partial charge in [0.25, 0.3) is 0 Å². The van der Waals surface area contributed by atoms with E-state index >= 15 is 0 Å². The van der Waals surface area contributed by atoms with Crippen LogP contribution in [0.15, 0.2) is 170 Å². The summed E-state index contributed by atoms with van der Waals surface area (Å²) in [7, 11) is 0. The Morgan fingerprint density at radius 1 is 0.276 bits per heavy atom. The number of unbranched alkanes of at least 4 members (excludes halogenated alkanes) is 13. The van der Waals surface area contributed by atoms with Crippen LogP contribution in [0.5, 0.6) is 0 Å². The van der Waals surface area contributed by atoms with Crippen LogP contribution in [0, 0.1) is 0 Å². The molecule has 0 aromatic rings. The van der Waals surface area contributed by atoms with Crippen molar-refractivity contribution >= 4 is 17.9 Å². The first kappa shape index (κ1) is 70.8. The highest BCUT2D eigenvalue weighted by Crippen LogP contribution is 2.13. The number of allylic oxidation sites excluding steroid dienone is 28. The summed E-state index contributed by atoms with van der Waals surface area (Å²) in [6, 6.07) is 0. The van der Waals surface area contributed by atoms with Crippen molar-refractivity contribution in [1.29, 1.82) is 0 Å². The van der Waals surface area contributed by atoms with Crippen molar-refractivity contribution < 1.29 is 28.6 Å². The summed E-state index contributed by atoms with van der Waals surface area (Å²) >= 11 is 0. The molecule has 0 saturated heterocycles. The van der Waals surface area contributed by atoms with Gasteiger partial charge in [0.05, 0.1) is 0 Å². The van der Waals surface area contributed by atoms with Crippen LogP contribution in [0.4, 0.5) is 0 Å². The topological polar surface area (TPSA) is 78.9 Å². The molecule has 6 heteroatoms. The van der Waals surface area contributed by atoms with Gasteiger partial charge in [-0.3, -0.25) is 14.4 Å². The fourth-order valence-electron chi connectivity index (χ4n) is 7.53. The first-order chi connectivity index (χ1) is 37.5. The average molecular weight is 1050 g/mol. The molecule has 0 aromatic carbocycles. The van der Waals surface area contributed by atoms with Gasteiger partial charge in [0.2, 0.25) is 0 Å². The second-order valence-corrected chi connectivity index (χ2v) is 19.1. The van der Waals surface area contributed by atoms with Gasteiger partial charge in [-0.15, -0.1) is 0 Å². The molecule has 0 aliphatic heterocycles. The number of carbonyl (C=O) groups excluding carboxylic acids is 3. The molecule has 0 aliphatic rings. The number of ether oxygens (including phenoxy) is 3. The molecule has 0 aliphatic carbocycles. The molecule has 0 heterocycles. The summed E-state index contributed by atoms with van der Waals surface area (Å²) in [4.78, 5) is 38.1. The largest absolute Gasteiger partial charge is 0.462 e. The first-order valence-electron chi connectivity index (χ1n) is 30.1. The Bertz CT molecular complexity index is 1770. The van der Waals surface area contributed by atoms with Crippen LogP contribution in [0.25, 0.3) is 0 Å². The zero-order chi connectivity index (χ0) is 55.0. The second kappa shape index (κ2) is 62.3. The van der Waals surface area contributed by atoms with Gasteiger partial charge in [0, 0.05) is 19.3 Å². The lowest BCUT2D eigenvalue weighted by atomic mass is 10.1. The Morgan fingerprint density at radius 3 is 0.842 bits per heavy atom. The molecule has 0 rings (SSSR count). The molecule has 0 aromatic heterocycles. The molecule has 0 bridgehead atoms. The Labute approximate surface area is 466 Å².